The Labute approximate surface area is 295 Å². The van der Waals surface area contributed by atoms with E-state index in [1.165, 1.54) is 11.3 Å². The Hall–Kier alpha value is -3.19. The molecule has 0 N–H and O–H groups in total. The summed E-state index contributed by atoms with van der Waals surface area (Å²) in [5.41, 5.74) is 2.95. The van der Waals surface area contributed by atoms with Crippen molar-refractivity contribution in [3.05, 3.63) is 116 Å². The van der Waals surface area contributed by atoms with Crippen LogP contribution in [0.25, 0.3) is 6.08 Å². The lowest BCUT2D eigenvalue weighted by Crippen LogP contribution is -2.40. The van der Waals surface area contributed by atoms with Crippen molar-refractivity contribution in [1.82, 2.24) is 4.57 Å². The number of hydrogen-bond donors (Lipinski definition) is 0. The molecule has 1 aromatic heterocycles. The summed E-state index contributed by atoms with van der Waals surface area (Å²) in [6.45, 7) is 7.93. The molecule has 0 fully saturated rings. The van der Waals surface area contributed by atoms with Crippen molar-refractivity contribution < 1.29 is 23.7 Å². The second kappa shape index (κ2) is 14.7. The van der Waals surface area contributed by atoms with Crippen molar-refractivity contribution >= 4 is 71.2 Å². The minimum absolute atomic E-state index is 0.0677. The first-order chi connectivity index (χ1) is 22.0. The van der Waals surface area contributed by atoms with Crippen molar-refractivity contribution in [2.45, 2.75) is 46.4 Å². The highest BCUT2D eigenvalue weighted by molar-refractivity contribution is 9.11. The van der Waals surface area contributed by atoms with E-state index in [0.29, 0.717) is 44.4 Å². The van der Waals surface area contributed by atoms with E-state index in [1.54, 1.807) is 43.7 Å². The number of allylic oxidation sites excluding steroid dienone is 1. The molecule has 5 rings (SSSR count). The van der Waals surface area contributed by atoms with Crippen LogP contribution in [-0.2, 0) is 16.1 Å². The predicted octanol–water partition coefficient (Wildman–Crippen LogP) is 7.46. The summed E-state index contributed by atoms with van der Waals surface area (Å²) in [5.74, 6) is 1.17. The van der Waals surface area contributed by atoms with Crippen LogP contribution in [0.2, 0.25) is 0 Å². The van der Waals surface area contributed by atoms with Crippen molar-refractivity contribution in [2.24, 2.45) is 4.99 Å². The van der Waals surface area contributed by atoms with Gasteiger partial charge in [0.15, 0.2) is 16.3 Å². The number of methoxy groups -OCH3 is 1. The van der Waals surface area contributed by atoms with Crippen LogP contribution in [0.15, 0.2) is 89.1 Å². The van der Waals surface area contributed by atoms with E-state index < -0.39 is 12.0 Å². The van der Waals surface area contributed by atoms with Gasteiger partial charge in [-0.05, 0) is 119 Å². The van der Waals surface area contributed by atoms with Gasteiger partial charge in [0.2, 0.25) is 0 Å². The predicted molar refractivity (Wildman–Crippen MR) is 189 cm³/mol. The zero-order valence-electron chi connectivity index (χ0n) is 25.7. The highest BCUT2D eigenvalue weighted by Gasteiger charge is 2.34. The Bertz CT molecular complexity index is 1980. The maximum atomic E-state index is 14.1. The molecule has 2 heterocycles. The van der Waals surface area contributed by atoms with Crippen molar-refractivity contribution in [3.63, 3.8) is 0 Å². The van der Waals surface area contributed by atoms with Gasteiger partial charge in [-0.2, -0.15) is 0 Å². The standard InChI is InChI=1S/C34H31Br3N2O6S/c1-6-43-33(41)29-19(4)38-34-39(30(29)22-9-12-26(45-18(2)3)27(16-22)42-5)32(40)28(46-34)15-21-13-24(36)31(25(37)14-21)44-17-20-7-10-23(35)11-8-20/h7-16,18,30H,6,17H2,1-5H3/b28-15-/t30-/m1/s1. The van der Waals surface area contributed by atoms with Crippen molar-refractivity contribution in [3.8, 4) is 17.2 Å². The van der Waals surface area contributed by atoms with E-state index in [-0.39, 0.29) is 23.8 Å². The lowest BCUT2D eigenvalue weighted by molar-refractivity contribution is -0.139. The molecule has 1 aliphatic heterocycles. The van der Waals surface area contributed by atoms with Crippen LogP contribution in [0.3, 0.4) is 0 Å². The molecule has 0 spiro atoms. The number of esters is 1. The third-order valence-corrected chi connectivity index (χ3v) is 9.69. The van der Waals surface area contributed by atoms with Gasteiger partial charge < -0.3 is 18.9 Å². The maximum absolute atomic E-state index is 14.1. The summed E-state index contributed by atoms with van der Waals surface area (Å²) in [6.07, 6.45) is 1.74. The number of nitrogens with zero attached hydrogens (tertiary/aromatic N) is 2. The largest absolute Gasteiger partial charge is 0.493 e. The fourth-order valence-corrected chi connectivity index (χ4v) is 7.76. The number of benzene rings is 3. The van der Waals surface area contributed by atoms with Crippen LogP contribution < -0.4 is 29.1 Å². The summed E-state index contributed by atoms with van der Waals surface area (Å²) >= 11 is 12.0. The van der Waals surface area contributed by atoms with Crippen LogP contribution >= 0.6 is 59.1 Å². The Morgan fingerprint density at radius 3 is 2.37 bits per heavy atom. The number of carbonyl (C=O) groups excluding carboxylic acids is 1. The molecule has 0 unspecified atom stereocenters. The number of thiazole rings is 1. The summed E-state index contributed by atoms with van der Waals surface area (Å²) < 4.78 is 27.5. The number of carbonyl (C=O) groups is 1. The third-order valence-electron chi connectivity index (χ3n) is 7.00. The molecule has 0 saturated heterocycles. The number of halogens is 3. The molecule has 12 heteroatoms. The first-order valence-electron chi connectivity index (χ1n) is 14.4. The Balaban J connectivity index is 1.57. The van der Waals surface area contributed by atoms with Crippen LogP contribution in [0.4, 0.5) is 0 Å². The van der Waals surface area contributed by atoms with E-state index in [4.69, 9.17) is 18.9 Å². The van der Waals surface area contributed by atoms with E-state index in [2.05, 4.69) is 52.8 Å². The second-order valence-electron chi connectivity index (χ2n) is 10.6. The minimum Gasteiger partial charge on any atom is -0.493 e. The highest BCUT2D eigenvalue weighted by Crippen LogP contribution is 2.37. The normalized spacial score (nSPS) is 14.6. The molecule has 4 aromatic rings. The smallest absolute Gasteiger partial charge is 0.338 e. The molecular formula is C34H31Br3N2O6S. The van der Waals surface area contributed by atoms with Crippen LogP contribution in [0.5, 0.6) is 17.2 Å². The summed E-state index contributed by atoms with van der Waals surface area (Å²) in [4.78, 5) is 32.6. The van der Waals surface area contributed by atoms with Gasteiger partial charge >= 0.3 is 5.97 Å². The zero-order chi connectivity index (χ0) is 33.1. The van der Waals surface area contributed by atoms with Gasteiger partial charge in [-0.15, -0.1) is 0 Å². The third kappa shape index (κ3) is 7.35. The fourth-order valence-electron chi connectivity index (χ4n) is 5.00. The van der Waals surface area contributed by atoms with Gasteiger partial charge in [0.1, 0.15) is 12.4 Å². The Morgan fingerprint density at radius 1 is 1.04 bits per heavy atom. The van der Waals surface area contributed by atoms with E-state index in [9.17, 15) is 9.59 Å². The van der Waals surface area contributed by atoms with Crippen LogP contribution in [-0.4, -0.2) is 30.4 Å². The first kappa shape index (κ1) is 34.2. The number of ether oxygens (including phenoxy) is 4. The summed E-state index contributed by atoms with van der Waals surface area (Å²) in [5, 5.41) is 0. The summed E-state index contributed by atoms with van der Waals surface area (Å²) in [6, 6.07) is 16.3. The first-order valence-corrected chi connectivity index (χ1v) is 17.6. The lowest BCUT2D eigenvalue weighted by Gasteiger charge is -2.25. The summed E-state index contributed by atoms with van der Waals surface area (Å²) in [7, 11) is 1.55. The molecule has 0 aliphatic carbocycles. The molecule has 1 aliphatic rings. The fraction of sp³-hybridized carbons (Fsp3) is 0.265. The van der Waals surface area contributed by atoms with Crippen molar-refractivity contribution in [2.75, 3.05) is 13.7 Å². The van der Waals surface area contributed by atoms with Crippen LogP contribution in [0.1, 0.15) is 50.4 Å². The molecule has 1 atom stereocenters. The zero-order valence-corrected chi connectivity index (χ0v) is 31.3. The SMILES string of the molecule is CCOC(=O)C1=C(C)N=c2s/c(=C\c3cc(Br)c(OCc4ccc(Br)cc4)c(Br)c3)c(=O)n2[C@@H]1c1ccc(OC(C)C)c(OC)c1. The quantitative estimate of drug-likeness (QED) is 0.154. The second-order valence-corrected chi connectivity index (χ2v) is 14.2. The van der Waals surface area contributed by atoms with E-state index >= 15 is 0 Å². The Kier molecular flexibility index (Phi) is 10.9. The maximum Gasteiger partial charge on any atom is 0.338 e. The molecule has 0 radical (unpaired) electrons. The molecular weight excluding hydrogens is 804 g/mol. The average molecular weight is 835 g/mol. The van der Waals surface area contributed by atoms with Gasteiger partial charge in [-0.25, -0.2) is 9.79 Å². The molecule has 3 aromatic carbocycles. The number of aromatic nitrogens is 1. The Morgan fingerprint density at radius 2 is 1.74 bits per heavy atom. The number of hydrogen-bond acceptors (Lipinski definition) is 8. The molecule has 0 bridgehead atoms. The van der Waals surface area contributed by atoms with Gasteiger partial charge in [-0.1, -0.05) is 45.5 Å². The van der Waals surface area contributed by atoms with Gasteiger partial charge in [0.05, 0.1) is 50.6 Å². The molecule has 240 valence electrons. The number of fused-ring (bicyclic) bond motifs is 1. The highest BCUT2D eigenvalue weighted by atomic mass is 79.9. The molecule has 0 amide bonds. The van der Waals surface area contributed by atoms with Crippen molar-refractivity contribution in [1.29, 1.82) is 0 Å². The van der Waals surface area contributed by atoms with Crippen LogP contribution in [0, 0.1) is 0 Å². The molecule has 8 nitrogen and oxygen atoms in total. The molecule has 46 heavy (non-hydrogen) atoms. The lowest BCUT2D eigenvalue weighted by atomic mass is 9.95. The topological polar surface area (TPSA) is 88.4 Å². The van der Waals surface area contributed by atoms with E-state index in [0.717, 1.165) is 24.5 Å². The van der Waals surface area contributed by atoms with Gasteiger partial charge in [-0.3, -0.25) is 9.36 Å². The van der Waals surface area contributed by atoms with E-state index in [1.807, 2.05) is 56.3 Å². The average Bonchev–Trinajstić information content (AvgIpc) is 3.30. The van der Waals surface area contributed by atoms with Gasteiger partial charge in [0, 0.05) is 4.47 Å². The monoisotopic (exact) mass is 832 g/mol. The number of rotatable bonds is 10. The molecule has 0 saturated carbocycles. The van der Waals surface area contributed by atoms with Gasteiger partial charge in [0.25, 0.3) is 5.56 Å². The minimum atomic E-state index is -0.785.